The lowest BCUT2D eigenvalue weighted by atomic mass is 9.99. The minimum Gasteiger partial charge on any atom is -0.497 e. The lowest BCUT2D eigenvalue weighted by molar-refractivity contribution is -0.117. The molecule has 0 bridgehead atoms. The number of nitrogens with one attached hydrogen (secondary N) is 1. The van der Waals surface area contributed by atoms with Crippen molar-refractivity contribution in [1.29, 1.82) is 0 Å². The lowest BCUT2D eigenvalue weighted by Gasteiger charge is -2.28. The van der Waals surface area contributed by atoms with Crippen LogP contribution in [0.25, 0.3) is 0 Å². The van der Waals surface area contributed by atoms with Crippen molar-refractivity contribution >= 4 is 11.6 Å². The van der Waals surface area contributed by atoms with E-state index in [1.165, 1.54) is 11.1 Å². The van der Waals surface area contributed by atoms with Crippen LogP contribution in [0, 0.1) is 0 Å². The Morgan fingerprint density at radius 2 is 2.00 bits per heavy atom. The first kappa shape index (κ1) is 14.6. The molecule has 1 aliphatic heterocycles. The Bertz CT molecular complexity index is 655. The zero-order valence-corrected chi connectivity index (χ0v) is 12.7. The minimum atomic E-state index is 0.0255. The predicted molar refractivity (Wildman–Crippen MR) is 87.0 cm³/mol. The third-order valence-corrected chi connectivity index (χ3v) is 3.93. The van der Waals surface area contributed by atoms with Gasteiger partial charge in [0.05, 0.1) is 13.7 Å². The Balaban J connectivity index is 1.61. The van der Waals surface area contributed by atoms with E-state index in [0.717, 1.165) is 30.9 Å². The summed E-state index contributed by atoms with van der Waals surface area (Å²) in [7, 11) is 1.68. The van der Waals surface area contributed by atoms with Gasteiger partial charge in [-0.1, -0.05) is 24.3 Å². The molecule has 1 N–H and O–H groups in total. The van der Waals surface area contributed by atoms with E-state index in [1.807, 2.05) is 36.4 Å². The van der Waals surface area contributed by atoms with Crippen LogP contribution >= 0.6 is 0 Å². The van der Waals surface area contributed by atoms with Crippen LogP contribution in [0.15, 0.2) is 48.5 Å². The van der Waals surface area contributed by atoms with Crippen molar-refractivity contribution in [2.75, 3.05) is 25.5 Å². The van der Waals surface area contributed by atoms with Gasteiger partial charge in [-0.25, -0.2) is 0 Å². The van der Waals surface area contributed by atoms with Gasteiger partial charge in [0.25, 0.3) is 0 Å². The SMILES string of the molecule is COc1ccc2c(c1)CN(CC(=O)Nc1ccccc1)CC2. The van der Waals surface area contributed by atoms with Crippen molar-refractivity contribution in [2.45, 2.75) is 13.0 Å². The van der Waals surface area contributed by atoms with E-state index >= 15 is 0 Å². The number of para-hydroxylation sites is 1. The van der Waals surface area contributed by atoms with E-state index in [0.29, 0.717) is 6.54 Å². The summed E-state index contributed by atoms with van der Waals surface area (Å²) in [4.78, 5) is 14.3. The molecule has 4 heteroatoms. The van der Waals surface area contributed by atoms with Gasteiger partial charge >= 0.3 is 0 Å². The van der Waals surface area contributed by atoms with Crippen molar-refractivity contribution in [3.05, 3.63) is 59.7 Å². The molecular formula is C18H20N2O2. The highest BCUT2D eigenvalue weighted by atomic mass is 16.5. The number of carbonyl (C=O) groups excluding carboxylic acids is 1. The minimum absolute atomic E-state index is 0.0255. The molecule has 0 spiro atoms. The monoisotopic (exact) mass is 296 g/mol. The number of hydrogen-bond acceptors (Lipinski definition) is 3. The molecule has 0 saturated carbocycles. The van der Waals surface area contributed by atoms with E-state index in [4.69, 9.17) is 4.74 Å². The number of fused-ring (bicyclic) bond motifs is 1. The van der Waals surface area contributed by atoms with Crippen molar-refractivity contribution in [2.24, 2.45) is 0 Å². The average molecular weight is 296 g/mol. The van der Waals surface area contributed by atoms with Gasteiger partial charge in [-0.15, -0.1) is 0 Å². The van der Waals surface area contributed by atoms with Crippen molar-refractivity contribution in [1.82, 2.24) is 4.90 Å². The second-order valence-corrected chi connectivity index (χ2v) is 5.51. The van der Waals surface area contributed by atoms with E-state index in [2.05, 4.69) is 22.3 Å². The maximum absolute atomic E-state index is 12.1. The van der Waals surface area contributed by atoms with Crippen molar-refractivity contribution in [3.8, 4) is 5.75 Å². The molecule has 1 aliphatic rings. The second-order valence-electron chi connectivity index (χ2n) is 5.51. The largest absolute Gasteiger partial charge is 0.497 e. The Morgan fingerprint density at radius 3 is 2.77 bits per heavy atom. The summed E-state index contributed by atoms with van der Waals surface area (Å²) in [6, 6.07) is 15.7. The average Bonchev–Trinajstić information content (AvgIpc) is 2.55. The summed E-state index contributed by atoms with van der Waals surface area (Å²) >= 11 is 0. The second kappa shape index (κ2) is 6.62. The van der Waals surface area contributed by atoms with Crippen LogP contribution in [0.3, 0.4) is 0 Å². The van der Waals surface area contributed by atoms with Crippen LogP contribution in [0.5, 0.6) is 5.75 Å². The molecule has 0 aliphatic carbocycles. The summed E-state index contributed by atoms with van der Waals surface area (Å²) in [5.41, 5.74) is 3.44. The van der Waals surface area contributed by atoms with Gasteiger partial charge < -0.3 is 10.1 Å². The molecule has 114 valence electrons. The quantitative estimate of drug-likeness (QED) is 0.943. The maximum atomic E-state index is 12.1. The number of carbonyl (C=O) groups is 1. The molecule has 1 heterocycles. The Labute approximate surface area is 130 Å². The maximum Gasteiger partial charge on any atom is 0.238 e. The van der Waals surface area contributed by atoms with Gasteiger partial charge in [0.1, 0.15) is 5.75 Å². The Morgan fingerprint density at radius 1 is 1.18 bits per heavy atom. The van der Waals surface area contributed by atoms with E-state index in [-0.39, 0.29) is 5.91 Å². The van der Waals surface area contributed by atoms with Gasteiger partial charge in [-0.2, -0.15) is 0 Å². The fourth-order valence-electron chi connectivity index (χ4n) is 2.78. The number of rotatable bonds is 4. The molecule has 0 saturated heterocycles. The van der Waals surface area contributed by atoms with E-state index in [9.17, 15) is 4.79 Å². The number of amides is 1. The number of methoxy groups -OCH3 is 1. The highest BCUT2D eigenvalue weighted by Gasteiger charge is 2.18. The summed E-state index contributed by atoms with van der Waals surface area (Å²) in [6.45, 7) is 2.10. The van der Waals surface area contributed by atoms with Gasteiger partial charge in [0, 0.05) is 18.8 Å². The molecule has 0 unspecified atom stereocenters. The molecule has 0 fully saturated rings. The zero-order chi connectivity index (χ0) is 15.4. The molecule has 2 aromatic carbocycles. The molecule has 2 aromatic rings. The number of benzene rings is 2. The number of nitrogens with zero attached hydrogens (tertiary/aromatic N) is 1. The van der Waals surface area contributed by atoms with Crippen LogP contribution in [-0.4, -0.2) is 31.0 Å². The molecule has 1 amide bonds. The molecule has 22 heavy (non-hydrogen) atoms. The smallest absolute Gasteiger partial charge is 0.238 e. The molecular weight excluding hydrogens is 276 g/mol. The Kier molecular flexibility index (Phi) is 4.39. The first-order valence-electron chi connectivity index (χ1n) is 7.47. The number of ether oxygens (including phenoxy) is 1. The summed E-state index contributed by atoms with van der Waals surface area (Å²) < 4.78 is 5.28. The van der Waals surface area contributed by atoms with E-state index < -0.39 is 0 Å². The standard InChI is InChI=1S/C18H20N2O2/c1-22-17-8-7-14-9-10-20(12-15(14)11-17)13-18(21)19-16-5-3-2-4-6-16/h2-8,11H,9-10,12-13H2,1H3,(H,19,21). The van der Waals surface area contributed by atoms with Gasteiger partial charge in [0.2, 0.25) is 5.91 Å². The van der Waals surface area contributed by atoms with Crippen LogP contribution in [-0.2, 0) is 17.8 Å². The summed E-state index contributed by atoms with van der Waals surface area (Å²) in [5, 5.41) is 2.93. The Hall–Kier alpha value is -2.33. The molecule has 0 atom stereocenters. The normalized spacial score (nSPS) is 14.2. The molecule has 4 nitrogen and oxygen atoms in total. The topological polar surface area (TPSA) is 41.6 Å². The van der Waals surface area contributed by atoms with Gasteiger partial charge in [0.15, 0.2) is 0 Å². The first-order chi connectivity index (χ1) is 10.7. The third-order valence-electron chi connectivity index (χ3n) is 3.93. The highest BCUT2D eigenvalue weighted by molar-refractivity contribution is 5.92. The number of hydrogen-bond donors (Lipinski definition) is 1. The molecule has 3 rings (SSSR count). The van der Waals surface area contributed by atoms with Crippen LogP contribution in [0.1, 0.15) is 11.1 Å². The van der Waals surface area contributed by atoms with Crippen molar-refractivity contribution in [3.63, 3.8) is 0 Å². The summed E-state index contributed by atoms with van der Waals surface area (Å²) in [6.07, 6.45) is 0.970. The molecule has 0 radical (unpaired) electrons. The highest BCUT2D eigenvalue weighted by Crippen LogP contribution is 2.23. The fourth-order valence-corrected chi connectivity index (χ4v) is 2.78. The van der Waals surface area contributed by atoms with Crippen LogP contribution < -0.4 is 10.1 Å². The zero-order valence-electron chi connectivity index (χ0n) is 12.7. The van der Waals surface area contributed by atoms with Gasteiger partial charge in [-0.05, 0) is 41.8 Å². The first-order valence-corrected chi connectivity index (χ1v) is 7.47. The third kappa shape index (κ3) is 3.46. The van der Waals surface area contributed by atoms with Crippen LogP contribution in [0.2, 0.25) is 0 Å². The van der Waals surface area contributed by atoms with Crippen LogP contribution in [0.4, 0.5) is 5.69 Å². The van der Waals surface area contributed by atoms with Gasteiger partial charge in [-0.3, -0.25) is 9.69 Å². The fraction of sp³-hybridized carbons (Fsp3) is 0.278. The lowest BCUT2D eigenvalue weighted by Crippen LogP contribution is -2.37. The van der Waals surface area contributed by atoms with E-state index in [1.54, 1.807) is 7.11 Å². The predicted octanol–water partition coefficient (Wildman–Crippen LogP) is 2.69. The molecule has 0 aromatic heterocycles. The van der Waals surface area contributed by atoms with Crippen molar-refractivity contribution < 1.29 is 9.53 Å². The number of anilines is 1. The summed E-state index contributed by atoms with van der Waals surface area (Å²) in [5.74, 6) is 0.895.